The summed E-state index contributed by atoms with van der Waals surface area (Å²) in [5.74, 6) is 6.23. The summed E-state index contributed by atoms with van der Waals surface area (Å²) in [5, 5.41) is 0.888. The Morgan fingerprint density at radius 1 is 0.900 bits per heavy atom. The number of rotatable bonds is 9. The van der Waals surface area contributed by atoms with Crippen LogP contribution in [-0.4, -0.2) is 11.5 Å². The quantitative estimate of drug-likeness (QED) is 0.325. The molecule has 0 bridgehead atoms. The van der Waals surface area contributed by atoms with E-state index >= 15 is 0 Å². The third-order valence-corrected chi connectivity index (χ3v) is 10.0. The first-order chi connectivity index (χ1) is 14.3. The van der Waals surface area contributed by atoms with E-state index in [1.807, 2.05) is 5.57 Å². The molecule has 0 aromatic rings. The summed E-state index contributed by atoms with van der Waals surface area (Å²) in [4.78, 5) is 0. The maximum Gasteiger partial charge on any atom is 0.00817 e. The lowest BCUT2D eigenvalue weighted by atomic mass is 9.71. The van der Waals surface area contributed by atoms with Gasteiger partial charge >= 0.3 is 0 Å². The van der Waals surface area contributed by atoms with Crippen LogP contribution in [0.4, 0.5) is 0 Å². The highest BCUT2D eigenvalue weighted by atomic mass is 32.2. The van der Waals surface area contributed by atoms with Gasteiger partial charge in [-0.1, -0.05) is 91.7 Å². The Balaban J connectivity index is 1.91. The molecule has 1 heteroatoms. The van der Waals surface area contributed by atoms with Crippen molar-refractivity contribution in [2.75, 3.05) is 6.26 Å². The minimum atomic E-state index is 0.851. The van der Waals surface area contributed by atoms with Crippen molar-refractivity contribution in [3.8, 4) is 0 Å². The fourth-order valence-electron chi connectivity index (χ4n) is 6.30. The van der Waals surface area contributed by atoms with Crippen LogP contribution in [0.15, 0.2) is 11.6 Å². The van der Waals surface area contributed by atoms with Crippen LogP contribution >= 0.6 is 11.8 Å². The maximum absolute atomic E-state index is 2.72. The molecule has 0 radical (unpaired) electrons. The maximum atomic E-state index is 2.72. The molecule has 1 saturated carbocycles. The van der Waals surface area contributed by atoms with E-state index in [4.69, 9.17) is 0 Å². The van der Waals surface area contributed by atoms with Crippen molar-refractivity contribution in [2.45, 2.75) is 124 Å². The van der Waals surface area contributed by atoms with Crippen molar-refractivity contribution < 1.29 is 0 Å². The third-order valence-electron chi connectivity index (χ3n) is 8.95. The Hall–Kier alpha value is 0.0900. The Kier molecular flexibility index (Phi) is 11.9. The molecule has 0 saturated heterocycles. The van der Waals surface area contributed by atoms with Gasteiger partial charge in [-0.2, -0.15) is 11.8 Å². The summed E-state index contributed by atoms with van der Waals surface area (Å²) in [6, 6.07) is 0. The Labute approximate surface area is 194 Å². The zero-order chi connectivity index (χ0) is 22.1. The van der Waals surface area contributed by atoms with Crippen molar-refractivity contribution in [1.29, 1.82) is 0 Å². The van der Waals surface area contributed by atoms with Gasteiger partial charge in [0.25, 0.3) is 0 Å². The average Bonchev–Trinajstić information content (AvgIpc) is 2.71. The molecule has 1 fully saturated rings. The first-order valence-corrected chi connectivity index (χ1v) is 14.8. The lowest BCUT2D eigenvalue weighted by molar-refractivity contribution is 0.192. The number of thioether (sulfide) groups is 1. The first kappa shape index (κ1) is 26.3. The lowest BCUT2D eigenvalue weighted by Crippen LogP contribution is -2.24. The molecule has 0 spiro atoms. The molecule has 0 aromatic heterocycles. The topological polar surface area (TPSA) is 0 Å². The van der Waals surface area contributed by atoms with Crippen molar-refractivity contribution in [3.05, 3.63) is 11.6 Å². The Morgan fingerprint density at radius 3 is 2.33 bits per heavy atom. The van der Waals surface area contributed by atoms with E-state index in [1.54, 1.807) is 0 Å². The van der Waals surface area contributed by atoms with Gasteiger partial charge in [-0.25, -0.2) is 0 Å². The molecule has 30 heavy (non-hydrogen) atoms. The van der Waals surface area contributed by atoms with Gasteiger partial charge in [0.15, 0.2) is 0 Å². The fourth-order valence-corrected chi connectivity index (χ4v) is 7.03. The van der Waals surface area contributed by atoms with Crippen LogP contribution in [0.2, 0.25) is 0 Å². The Morgan fingerprint density at radius 2 is 1.63 bits per heavy atom. The molecule has 7 atom stereocenters. The average molecular weight is 435 g/mol. The summed E-state index contributed by atoms with van der Waals surface area (Å²) >= 11 is 2.10. The van der Waals surface area contributed by atoms with Crippen molar-refractivity contribution in [2.24, 2.45) is 41.4 Å². The highest BCUT2D eigenvalue weighted by Gasteiger charge is 2.29. The molecule has 0 amide bonds. The number of hydrogen-bond acceptors (Lipinski definition) is 1. The van der Waals surface area contributed by atoms with E-state index < -0.39 is 0 Å². The van der Waals surface area contributed by atoms with Crippen molar-refractivity contribution >= 4 is 11.8 Å². The molecule has 2 rings (SSSR count). The molecular formula is C29H54S. The second kappa shape index (κ2) is 13.6. The van der Waals surface area contributed by atoms with Crippen LogP contribution in [0.25, 0.3) is 0 Å². The largest absolute Gasteiger partial charge is 0.162 e. The highest BCUT2D eigenvalue weighted by molar-refractivity contribution is 7.99. The van der Waals surface area contributed by atoms with Crippen LogP contribution in [0, 0.1) is 41.4 Å². The fraction of sp³-hybridized carbons (Fsp3) is 0.931. The van der Waals surface area contributed by atoms with Crippen molar-refractivity contribution in [1.82, 2.24) is 0 Å². The molecule has 7 unspecified atom stereocenters. The molecule has 0 aromatic carbocycles. The summed E-state index contributed by atoms with van der Waals surface area (Å²) in [7, 11) is 0. The van der Waals surface area contributed by atoms with Gasteiger partial charge in [0.1, 0.15) is 0 Å². The van der Waals surface area contributed by atoms with Crippen LogP contribution < -0.4 is 0 Å². The molecule has 2 aliphatic rings. The van der Waals surface area contributed by atoms with Gasteiger partial charge in [0, 0.05) is 5.25 Å². The van der Waals surface area contributed by atoms with Crippen LogP contribution in [0.3, 0.4) is 0 Å². The summed E-state index contributed by atoms with van der Waals surface area (Å²) < 4.78 is 0. The minimum Gasteiger partial charge on any atom is -0.162 e. The predicted molar refractivity (Wildman–Crippen MR) is 139 cm³/mol. The van der Waals surface area contributed by atoms with Gasteiger partial charge in [-0.3, -0.25) is 0 Å². The first-order valence-electron chi connectivity index (χ1n) is 13.5. The van der Waals surface area contributed by atoms with Gasteiger partial charge in [-0.05, 0) is 86.2 Å². The lowest BCUT2D eigenvalue weighted by Gasteiger charge is -2.35. The second-order valence-electron chi connectivity index (χ2n) is 11.8. The zero-order valence-corrected chi connectivity index (χ0v) is 22.4. The summed E-state index contributed by atoms with van der Waals surface area (Å²) in [6.07, 6.45) is 22.2. The normalized spacial score (nSPS) is 34.7. The molecule has 176 valence electrons. The van der Waals surface area contributed by atoms with E-state index in [1.165, 1.54) is 77.0 Å². The van der Waals surface area contributed by atoms with Crippen LogP contribution in [-0.2, 0) is 0 Å². The van der Waals surface area contributed by atoms with E-state index in [2.05, 4.69) is 65.6 Å². The summed E-state index contributed by atoms with van der Waals surface area (Å²) in [6.45, 7) is 14.9. The van der Waals surface area contributed by atoms with Gasteiger partial charge in [0.05, 0.1) is 0 Å². The van der Waals surface area contributed by atoms with E-state index in [-0.39, 0.29) is 0 Å². The van der Waals surface area contributed by atoms with Crippen molar-refractivity contribution in [3.63, 3.8) is 0 Å². The Bertz CT molecular complexity index is 493. The van der Waals surface area contributed by atoms with E-state index in [0.29, 0.717) is 0 Å². The SMILES string of the molecule is CSC1CCC2CCCC(C)C(CCC(C)C(C)CCCC(C)C)C(C)C/C=C\2C1. The predicted octanol–water partition coefficient (Wildman–Crippen LogP) is 9.79. The minimum absolute atomic E-state index is 0.851. The van der Waals surface area contributed by atoms with Crippen LogP contribution in [0.1, 0.15) is 119 Å². The van der Waals surface area contributed by atoms with Gasteiger partial charge in [0.2, 0.25) is 0 Å². The molecule has 2 aliphatic carbocycles. The smallest absolute Gasteiger partial charge is 0.00817 e. The van der Waals surface area contributed by atoms with E-state index in [0.717, 1.165) is 46.7 Å². The zero-order valence-electron chi connectivity index (χ0n) is 21.6. The number of hydrogen-bond donors (Lipinski definition) is 0. The molecule has 0 heterocycles. The number of allylic oxidation sites excluding steroid dienone is 2. The van der Waals surface area contributed by atoms with E-state index in [9.17, 15) is 0 Å². The molecule has 0 nitrogen and oxygen atoms in total. The van der Waals surface area contributed by atoms with Gasteiger partial charge < -0.3 is 0 Å². The van der Waals surface area contributed by atoms with Gasteiger partial charge in [-0.15, -0.1) is 0 Å². The summed E-state index contributed by atoms with van der Waals surface area (Å²) in [5.41, 5.74) is 1.84. The number of fused-ring (bicyclic) bond motifs is 1. The monoisotopic (exact) mass is 434 g/mol. The standard InChI is InChI=1S/C29H54S/c1-21(2)10-8-11-22(3)23(4)15-19-29-24(5)12-9-13-26-17-18-28(30-7)20-27(26)16-14-25(29)6/h16,21-26,28-29H,8-15,17-20H2,1-7H3/b27-16-. The molecule has 0 aliphatic heterocycles. The highest BCUT2D eigenvalue weighted by Crippen LogP contribution is 2.41. The second-order valence-corrected chi connectivity index (χ2v) is 12.9. The molecule has 0 N–H and O–H groups in total. The third kappa shape index (κ3) is 8.55. The molecular weight excluding hydrogens is 380 g/mol. The van der Waals surface area contributed by atoms with Crippen LogP contribution in [0.5, 0.6) is 0 Å².